The highest BCUT2D eigenvalue weighted by Crippen LogP contribution is 2.34. The van der Waals surface area contributed by atoms with E-state index < -0.39 is 15.1 Å². The Balaban J connectivity index is 1.54. The first-order valence-corrected chi connectivity index (χ1v) is 11.6. The lowest BCUT2D eigenvalue weighted by molar-refractivity contribution is 0.0761. The minimum absolute atomic E-state index is 0.118. The number of amides is 1. The van der Waals surface area contributed by atoms with Gasteiger partial charge in [-0.1, -0.05) is 41.9 Å². The number of rotatable bonds is 3. The van der Waals surface area contributed by atoms with Crippen molar-refractivity contribution in [3.05, 3.63) is 82.9 Å². The summed E-state index contributed by atoms with van der Waals surface area (Å²) in [6.07, 6.45) is 1.96. The summed E-state index contributed by atoms with van der Waals surface area (Å²) in [5.41, 5.74) is 2.48. The van der Waals surface area contributed by atoms with E-state index in [9.17, 15) is 17.6 Å². The largest absolute Gasteiger partial charge is 0.357 e. The van der Waals surface area contributed by atoms with E-state index in [1.807, 2.05) is 0 Å². The van der Waals surface area contributed by atoms with Crippen LogP contribution in [-0.4, -0.2) is 43.1 Å². The smallest absolute Gasteiger partial charge is 0.270 e. The second-order valence-corrected chi connectivity index (χ2v) is 9.98. The zero-order valence-electron chi connectivity index (χ0n) is 16.0. The van der Waals surface area contributed by atoms with Gasteiger partial charge < -0.3 is 9.88 Å². The van der Waals surface area contributed by atoms with Gasteiger partial charge in [0.25, 0.3) is 5.91 Å². The monoisotopic (exact) mass is 446 g/mol. The van der Waals surface area contributed by atoms with Crippen LogP contribution in [0.5, 0.6) is 0 Å². The maximum atomic E-state index is 13.1. The van der Waals surface area contributed by atoms with E-state index >= 15 is 0 Å². The van der Waals surface area contributed by atoms with Gasteiger partial charge in [0.2, 0.25) is 0 Å². The van der Waals surface area contributed by atoms with Crippen molar-refractivity contribution in [2.24, 2.45) is 0 Å². The number of nitrogens with one attached hydrogen (secondary N) is 1. The number of carbonyl (C=O) groups excluding carboxylic acids is 1. The summed E-state index contributed by atoms with van der Waals surface area (Å²) in [6, 6.07) is 14.6. The SMILES string of the molecule is O=C(c1cc(-c2ccc(F)cc2)c[nH]1)N1CC[C@@H](c2ccccc2Cl)S(=O)(=O)CC1. The highest BCUT2D eigenvalue weighted by molar-refractivity contribution is 7.91. The van der Waals surface area contributed by atoms with Crippen molar-refractivity contribution in [1.82, 2.24) is 9.88 Å². The minimum Gasteiger partial charge on any atom is -0.357 e. The Hall–Kier alpha value is -2.64. The molecule has 0 radical (unpaired) electrons. The molecule has 0 unspecified atom stereocenters. The van der Waals surface area contributed by atoms with Crippen molar-refractivity contribution in [2.45, 2.75) is 11.7 Å². The van der Waals surface area contributed by atoms with E-state index in [0.717, 1.165) is 11.1 Å². The van der Waals surface area contributed by atoms with Crippen LogP contribution in [0.15, 0.2) is 60.8 Å². The van der Waals surface area contributed by atoms with Crippen LogP contribution in [0, 0.1) is 5.82 Å². The van der Waals surface area contributed by atoms with Gasteiger partial charge in [0, 0.05) is 24.3 Å². The normalized spacial score (nSPS) is 18.7. The van der Waals surface area contributed by atoms with Crippen LogP contribution in [0.1, 0.15) is 27.7 Å². The maximum Gasteiger partial charge on any atom is 0.270 e. The van der Waals surface area contributed by atoms with Crippen LogP contribution in [0.4, 0.5) is 4.39 Å². The van der Waals surface area contributed by atoms with Gasteiger partial charge in [-0.3, -0.25) is 4.79 Å². The highest BCUT2D eigenvalue weighted by Gasteiger charge is 2.34. The molecule has 0 aliphatic carbocycles. The number of sulfone groups is 1. The Morgan fingerprint density at radius 3 is 2.53 bits per heavy atom. The zero-order chi connectivity index (χ0) is 21.3. The van der Waals surface area contributed by atoms with Crippen molar-refractivity contribution >= 4 is 27.3 Å². The molecule has 30 heavy (non-hydrogen) atoms. The number of benzene rings is 2. The number of hydrogen-bond acceptors (Lipinski definition) is 3. The molecular formula is C22H20ClFN2O3S. The summed E-state index contributed by atoms with van der Waals surface area (Å²) in [4.78, 5) is 17.5. The first-order chi connectivity index (χ1) is 14.3. The molecule has 8 heteroatoms. The number of aromatic nitrogens is 1. The first-order valence-electron chi connectivity index (χ1n) is 9.55. The van der Waals surface area contributed by atoms with Gasteiger partial charge in [-0.05, 0) is 47.4 Å². The molecule has 1 aromatic heterocycles. The van der Waals surface area contributed by atoms with Gasteiger partial charge in [0.15, 0.2) is 9.84 Å². The molecule has 1 atom stereocenters. The van der Waals surface area contributed by atoms with Crippen molar-refractivity contribution in [3.63, 3.8) is 0 Å². The van der Waals surface area contributed by atoms with E-state index in [1.165, 1.54) is 12.1 Å². The van der Waals surface area contributed by atoms with Crippen molar-refractivity contribution < 1.29 is 17.6 Å². The molecule has 2 aromatic carbocycles. The van der Waals surface area contributed by atoms with Crippen LogP contribution in [0.25, 0.3) is 11.1 Å². The molecule has 3 aromatic rings. The van der Waals surface area contributed by atoms with Gasteiger partial charge >= 0.3 is 0 Å². The molecule has 1 saturated heterocycles. The van der Waals surface area contributed by atoms with Crippen molar-refractivity contribution in [2.75, 3.05) is 18.8 Å². The number of H-pyrrole nitrogens is 1. The lowest BCUT2D eigenvalue weighted by atomic mass is 10.1. The predicted octanol–water partition coefficient (Wildman–Crippen LogP) is 4.48. The number of halogens is 2. The second kappa shape index (κ2) is 8.24. The summed E-state index contributed by atoms with van der Waals surface area (Å²) < 4.78 is 38.8. The lowest BCUT2D eigenvalue weighted by Crippen LogP contribution is -2.33. The summed E-state index contributed by atoms with van der Waals surface area (Å²) in [5, 5.41) is -0.318. The van der Waals surface area contributed by atoms with Crippen LogP contribution < -0.4 is 0 Å². The summed E-state index contributed by atoms with van der Waals surface area (Å²) in [7, 11) is -3.45. The Morgan fingerprint density at radius 2 is 1.80 bits per heavy atom. The molecule has 0 spiro atoms. The summed E-state index contributed by atoms with van der Waals surface area (Å²) >= 11 is 6.23. The van der Waals surface area contributed by atoms with E-state index in [0.29, 0.717) is 22.8 Å². The predicted molar refractivity (Wildman–Crippen MR) is 115 cm³/mol. The molecular weight excluding hydrogens is 427 g/mol. The zero-order valence-corrected chi connectivity index (χ0v) is 17.6. The number of aromatic amines is 1. The molecule has 0 saturated carbocycles. The Morgan fingerprint density at radius 1 is 1.07 bits per heavy atom. The average molecular weight is 447 g/mol. The summed E-state index contributed by atoms with van der Waals surface area (Å²) in [6.45, 7) is 0.422. The third-order valence-electron chi connectivity index (χ3n) is 5.37. The summed E-state index contributed by atoms with van der Waals surface area (Å²) in [5.74, 6) is -0.719. The van der Waals surface area contributed by atoms with Gasteiger partial charge in [-0.2, -0.15) is 0 Å². The van der Waals surface area contributed by atoms with Crippen LogP contribution in [-0.2, 0) is 9.84 Å². The molecule has 1 fully saturated rings. The van der Waals surface area contributed by atoms with E-state index in [2.05, 4.69) is 4.98 Å². The molecule has 1 aliphatic rings. The molecule has 4 rings (SSSR count). The maximum absolute atomic E-state index is 13.1. The first kappa shape index (κ1) is 20.6. The van der Waals surface area contributed by atoms with Gasteiger partial charge in [-0.25, -0.2) is 12.8 Å². The second-order valence-electron chi connectivity index (χ2n) is 7.27. The molecule has 156 valence electrons. The fourth-order valence-electron chi connectivity index (χ4n) is 3.73. The number of hydrogen-bond donors (Lipinski definition) is 1. The van der Waals surface area contributed by atoms with E-state index in [4.69, 9.17) is 11.6 Å². The molecule has 0 bridgehead atoms. The Labute approximate surface area is 179 Å². The lowest BCUT2D eigenvalue weighted by Gasteiger charge is -2.19. The standard InChI is InChI=1S/C22H20ClFN2O3S/c23-19-4-2-1-3-18(19)21-9-10-26(11-12-30(21,28)29)22(27)20-13-16(14-25-20)15-5-7-17(24)8-6-15/h1-8,13-14,21,25H,9-12H2/t21-/m0/s1. The molecule has 1 amide bonds. The third-order valence-corrected chi connectivity index (χ3v) is 7.82. The highest BCUT2D eigenvalue weighted by atomic mass is 35.5. The molecule has 1 aliphatic heterocycles. The number of nitrogens with zero attached hydrogens (tertiary/aromatic N) is 1. The molecule has 5 nitrogen and oxygen atoms in total. The Kier molecular flexibility index (Phi) is 5.66. The van der Waals surface area contributed by atoms with Gasteiger partial charge in [0.05, 0.1) is 11.0 Å². The quantitative estimate of drug-likeness (QED) is 0.645. The third kappa shape index (κ3) is 4.13. The average Bonchev–Trinajstić information content (AvgIpc) is 3.15. The van der Waals surface area contributed by atoms with Crippen molar-refractivity contribution in [1.29, 1.82) is 0 Å². The van der Waals surface area contributed by atoms with E-state index in [1.54, 1.807) is 53.6 Å². The molecule has 1 N–H and O–H groups in total. The Bertz CT molecular complexity index is 1180. The fourth-order valence-corrected chi connectivity index (χ4v) is 5.88. The minimum atomic E-state index is -3.45. The van der Waals surface area contributed by atoms with Crippen molar-refractivity contribution in [3.8, 4) is 11.1 Å². The fraction of sp³-hybridized carbons (Fsp3) is 0.227. The number of carbonyl (C=O) groups is 1. The molecule has 2 heterocycles. The van der Waals surface area contributed by atoms with Crippen LogP contribution in [0.2, 0.25) is 5.02 Å². The van der Waals surface area contributed by atoms with E-state index in [-0.39, 0.29) is 30.4 Å². The van der Waals surface area contributed by atoms with Crippen LogP contribution in [0.3, 0.4) is 0 Å². The van der Waals surface area contributed by atoms with Crippen LogP contribution >= 0.6 is 11.6 Å². The van der Waals surface area contributed by atoms with Gasteiger partial charge in [-0.15, -0.1) is 0 Å². The van der Waals surface area contributed by atoms with Gasteiger partial charge in [0.1, 0.15) is 11.5 Å². The topological polar surface area (TPSA) is 70.2 Å².